The third-order valence-electron chi connectivity index (χ3n) is 5.25. The molecular formula is C22H31IN4O. The van der Waals surface area contributed by atoms with E-state index in [0.717, 1.165) is 30.4 Å². The molecule has 0 radical (unpaired) electrons. The van der Waals surface area contributed by atoms with Crippen LogP contribution < -0.4 is 15.8 Å². The predicted octanol–water partition coefficient (Wildman–Crippen LogP) is 4.51. The maximum absolute atomic E-state index is 6.17. The van der Waals surface area contributed by atoms with E-state index in [1.807, 2.05) is 24.3 Å². The van der Waals surface area contributed by atoms with Gasteiger partial charge >= 0.3 is 0 Å². The quantitative estimate of drug-likeness (QED) is 0.353. The molecule has 152 valence electrons. The van der Waals surface area contributed by atoms with E-state index in [2.05, 4.69) is 52.5 Å². The highest BCUT2D eigenvalue weighted by Gasteiger charge is 2.24. The maximum Gasteiger partial charge on any atom is 0.193 e. The van der Waals surface area contributed by atoms with Gasteiger partial charge in [0.1, 0.15) is 5.75 Å². The van der Waals surface area contributed by atoms with Crippen molar-refractivity contribution in [2.75, 3.05) is 32.1 Å². The van der Waals surface area contributed by atoms with Crippen LogP contribution in [0, 0.1) is 5.92 Å². The summed E-state index contributed by atoms with van der Waals surface area (Å²) in [6.45, 7) is 5.18. The summed E-state index contributed by atoms with van der Waals surface area (Å²) in [5.74, 6) is 1.96. The van der Waals surface area contributed by atoms with Crippen molar-refractivity contribution in [1.82, 2.24) is 4.90 Å². The van der Waals surface area contributed by atoms with E-state index < -0.39 is 0 Å². The molecule has 2 aromatic rings. The molecule has 1 atom stereocenters. The van der Waals surface area contributed by atoms with E-state index in [0.29, 0.717) is 12.5 Å². The Labute approximate surface area is 185 Å². The van der Waals surface area contributed by atoms with Crippen LogP contribution in [-0.4, -0.2) is 37.6 Å². The van der Waals surface area contributed by atoms with Crippen LogP contribution in [0.2, 0.25) is 0 Å². The lowest BCUT2D eigenvalue weighted by Gasteiger charge is -2.36. The fourth-order valence-electron chi connectivity index (χ4n) is 3.56. The van der Waals surface area contributed by atoms with Gasteiger partial charge in [-0.1, -0.05) is 49.4 Å². The molecule has 0 aromatic heterocycles. The molecule has 1 aliphatic heterocycles. The van der Waals surface area contributed by atoms with Crippen molar-refractivity contribution in [1.29, 1.82) is 0 Å². The lowest BCUT2D eigenvalue weighted by Crippen LogP contribution is -2.38. The lowest BCUT2D eigenvalue weighted by molar-refractivity contribution is 0.141. The number of guanidine groups is 1. The number of halogens is 1. The lowest BCUT2D eigenvalue weighted by atomic mass is 9.96. The summed E-state index contributed by atoms with van der Waals surface area (Å²) in [5, 5.41) is 3.16. The number of hydrogen-bond acceptors (Lipinski definition) is 3. The SMILES string of the molecule is COc1ccccc1NC(N)=NCC(c1ccccc1)N1CCC(C)CC1.I. The Morgan fingerprint density at radius 3 is 2.46 bits per heavy atom. The molecule has 2 aromatic carbocycles. The van der Waals surface area contributed by atoms with Crippen LogP contribution in [0.3, 0.4) is 0 Å². The normalized spacial score (nSPS) is 16.9. The summed E-state index contributed by atoms with van der Waals surface area (Å²) in [6, 6.07) is 18.6. The second-order valence-electron chi connectivity index (χ2n) is 7.20. The number of piperidine rings is 1. The smallest absolute Gasteiger partial charge is 0.193 e. The highest BCUT2D eigenvalue weighted by Crippen LogP contribution is 2.27. The van der Waals surface area contributed by atoms with Crippen molar-refractivity contribution >= 4 is 35.6 Å². The number of methoxy groups -OCH3 is 1. The number of aliphatic imine (C=N–C) groups is 1. The molecule has 3 rings (SSSR count). The van der Waals surface area contributed by atoms with Gasteiger partial charge < -0.3 is 15.8 Å². The molecule has 28 heavy (non-hydrogen) atoms. The van der Waals surface area contributed by atoms with Crippen LogP contribution in [0.15, 0.2) is 59.6 Å². The molecule has 1 aliphatic rings. The average molecular weight is 494 g/mol. The molecule has 0 bridgehead atoms. The third-order valence-corrected chi connectivity index (χ3v) is 5.25. The zero-order valence-corrected chi connectivity index (χ0v) is 19.0. The molecule has 1 unspecified atom stereocenters. The number of nitrogens with one attached hydrogen (secondary N) is 1. The van der Waals surface area contributed by atoms with Crippen LogP contribution in [0.4, 0.5) is 5.69 Å². The van der Waals surface area contributed by atoms with Gasteiger partial charge in [-0.3, -0.25) is 9.89 Å². The summed E-state index contributed by atoms with van der Waals surface area (Å²) in [4.78, 5) is 7.19. The molecule has 1 fully saturated rings. The Hall–Kier alpha value is -1.80. The topological polar surface area (TPSA) is 62.9 Å². The third kappa shape index (κ3) is 6.10. The summed E-state index contributed by atoms with van der Waals surface area (Å²) >= 11 is 0. The van der Waals surface area contributed by atoms with E-state index in [4.69, 9.17) is 10.5 Å². The number of hydrogen-bond donors (Lipinski definition) is 2. The van der Waals surface area contributed by atoms with Crippen molar-refractivity contribution in [3.63, 3.8) is 0 Å². The Kier molecular flexibility index (Phi) is 9.05. The van der Waals surface area contributed by atoms with Gasteiger partial charge in [0.2, 0.25) is 0 Å². The van der Waals surface area contributed by atoms with Crippen LogP contribution in [0.25, 0.3) is 0 Å². The van der Waals surface area contributed by atoms with Gasteiger partial charge in [0, 0.05) is 0 Å². The number of para-hydroxylation sites is 2. The first kappa shape index (κ1) is 22.5. The second-order valence-corrected chi connectivity index (χ2v) is 7.20. The number of anilines is 1. The van der Waals surface area contributed by atoms with Gasteiger partial charge in [-0.05, 0) is 49.5 Å². The minimum absolute atomic E-state index is 0. The molecule has 1 heterocycles. The Balaban J connectivity index is 0.00000280. The predicted molar refractivity (Wildman–Crippen MR) is 128 cm³/mol. The van der Waals surface area contributed by atoms with Crippen LogP contribution in [0.5, 0.6) is 5.75 Å². The second kappa shape index (κ2) is 11.3. The Morgan fingerprint density at radius 1 is 1.14 bits per heavy atom. The zero-order chi connectivity index (χ0) is 19.1. The van der Waals surface area contributed by atoms with Crippen LogP contribution in [0.1, 0.15) is 31.4 Å². The molecule has 6 heteroatoms. The number of nitrogens with two attached hydrogens (primary N) is 1. The number of ether oxygens (including phenoxy) is 1. The maximum atomic E-state index is 6.17. The Morgan fingerprint density at radius 2 is 1.79 bits per heavy atom. The minimum atomic E-state index is 0. The number of nitrogens with zero attached hydrogens (tertiary/aromatic N) is 2. The molecule has 0 amide bonds. The van der Waals surface area contributed by atoms with Crippen LogP contribution >= 0.6 is 24.0 Å². The highest BCUT2D eigenvalue weighted by molar-refractivity contribution is 14.0. The Bertz CT molecular complexity index is 745. The summed E-state index contributed by atoms with van der Waals surface area (Å²) < 4.78 is 5.37. The fraction of sp³-hybridized carbons (Fsp3) is 0.409. The van der Waals surface area contributed by atoms with Gasteiger partial charge in [0.15, 0.2) is 5.96 Å². The van der Waals surface area contributed by atoms with E-state index in [9.17, 15) is 0 Å². The summed E-state index contributed by atoms with van der Waals surface area (Å²) in [5.41, 5.74) is 8.29. The monoisotopic (exact) mass is 494 g/mol. The van der Waals surface area contributed by atoms with Gasteiger partial charge in [-0.2, -0.15) is 0 Å². The van der Waals surface area contributed by atoms with E-state index in [1.165, 1.54) is 18.4 Å². The van der Waals surface area contributed by atoms with Crippen molar-refractivity contribution in [3.8, 4) is 5.75 Å². The van der Waals surface area contributed by atoms with Crippen molar-refractivity contribution in [2.45, 2.75) is 25.8 Å². The molecule has 0 aliphatic carbocycles. The molecule has 0 spiro atoms. The van der Waals surface area contributed by atoms with Crippen LogP contribution in [-0.2, 0) is 0 Å². The van der Waals surface area contributed by atoms with Gasteiger partial charge in [-0.25, -0.2) is 0 Å². The molecular weight excluding hydrogens is 463 g/mol. The molecule has 5 nitrogen and oxygen atoms in total. The molecule has 0 saturated carbocycles. The van der Waals surface area contributed by atoms with Crippen molar-refractivity contribution in [2.24, 2.45) is 16.6 Å². The number of benzene rings is 2. The first-order chi connectivity index (χ1) is 13.2. The first-order valence-electron chi connectivity index (χ1n) is 9.66. The van der Waals surface area contributed by atoms with Gasteiger partial charge in [0.25, 0.3) is 0 Å². The largest absolute Gasteiger partial charge is 0.495 e. The zero-order valence-electron chi connectivity index (χ0n) is 16.7. The van der Waals surface area contributed by atoms with Crippen molar-refractivity contribution in [3.05, 3.63) is 60.2 Å². The summed E-state index contributed by atoms with van der Waals surface area (Å²) in [6.07, 6.45) is 2.48. The van der Waals surface area contributed by atoms with E-state index >= 15 is 0 Å². The highest BCUT2D eigenvalue weighted by atomic mass is 127. The average Bonchev–Trinajstić information content (AvgIpc) is 2.70. The first-order valence-corrected chi connectivity index (χ1v) is 9.66. The summed E-state index contributed by atoms with van der Waals surface area (Å²) in [7, 11) is 1.65. The standard InChI is InChI=1S/C22H30N4O.HI/c1-17-12-14-26(15-13-17)20(18-8-4-3-5-9-18)16-24-22(23)25-19-10-6-7-11-21(19)27-2;/h3-11,17,20H,12-16H2,1-2H3,(H3,23,24,25);1H. The number of rotatable bonds is 6. The van der Waals surface area contributed by atoms with E-state index in [-0.39, 0.29) is 30.0 Å². The minimum Gasteiger partial charge on any atom is -0.495 e. The number of likely N-dealkylation sites (tertiary alicyclic amines) is 1. The fourth-order valence-corrected chi connectivity index (χ4v) is 3.56. The molecule has 1 saturated heterocycles. The van der Waals surface area contributed by atoms with Gasteiger partial charge in [0.05, 0.1) is 25.4 Å². The molecule has 3 N–H and O–H groups in total. The van der Waals surface area contributed by atoms with E-state index in [1.54, 1.807) is 7.11 Å². The van der Waals surface area contributed by atoms with Crippen molar-refractivity contribution < 1.29 is 4.74 Å². The van der Waals surface area contributed by atoms with Gasteiger partial charge in [-0.15, -0.1) is 24.0 Å².